The summed E-state index contributed by atoms with van der Waals surface area (Å²) in [5, 5.41) is -24.2. The van der Waals surface area contributed by atoms with Crippen molar-refractivity contribution in [1.82, 2.24) is 0 Å². The van der Waals surface area contributed by atoms with Gasteiger partial charge in [-0.3, -0.25) is 25.3 Å². The van der Waals surface area contributed by atoms with Crippen LogP contribution in [0.2, 0.25) is 0 Å². The van der Waals surface area contributed by atoms with Crippen LogP contribution in [0.15, 0.2) is 48.5 Å². The van der Waals surface area contributed by atoms with Crippen LogP contribution in [0, 0.1) is 11.1 Å². The van der Waals surface area contributed by atoms with Gasteiger partial charge in [-0.2, -0.15) is 65.9 Å². The molecule has 2 aromatic carbocycles. The molecule has 0 radical (unpaired) electrons. The molecule has 0 bridgehead atoms. The molecule has 0 fully saturated rings. The number of sulfone groups is 3. The summed E-state index contributed by atoms with van der Waals surface area (Å²) in [6.07, 6.45) is -23.4. The fourth-order valence-electron chi connectivity index (χ4n) is 3.62. The maximum absolute atomic E-state index is 13.1. The van der Waals surface area contributed by atoms with Gasteiger partial charge in [-0.15, -0.1) is 0 Å². The zero-order valence-corrected chi connectivity index (χ0v) is 31.4. The summed E-state index contributed by atoms with van der Waals surface area (Å²) < 4.78 is 252. The minimum Gasteiger partial charge on any atom is -0.254 e. The molecule has 2 rings (SSSR count). The Bertz CT molecular complexity index is 1740. The van der Waals surface area contributed by atoms with Gasteiger partial charge < -0.3 is 0 Å². The van der Waals surface area contributed by atoms with E-state index in [2.05, 4.69) is 90.1 Å². The van der Waals surface area contributed by atoms with E-state index in [-0.39, 0.29) is 32.0 Å². The van der Waals surface area contributed by atoms with Gasteiger partial charge >= 0.3 is 55.5 Å². The fourth-order valence-corrected chi connectivity index (χ4v) is 14.5. The zero-order chi connectivity index (χ0) is 41.8. The largest absolute Gasteiger partial charge is 0.466 e. The molecule has 0 aliphatic heterocycles. The highest BCUT2D eigenvalue weighted by atomic mass is 127. The average Bonchev–Trinajstić information content (AvgIpc) is 2.90. The third-order valence-corrected chi connectivity index (χ3v) is 17.3. The van der Waals surface area contributed by atoms with Crippen molar-refractivity contribution in [3.05, 3.63) is 70.7 Å². The Morgan fingerprint density at radius 2 is 0.635 bits per heavy atom. The lowest BCUT2D eigenvalue weighted by Crippen LogP contribution is -3.62. The first-order valence-electron chi connectivity index (χ1n) is 13.3. The highest BCUT2D eigenvalue weighted by Gasteiger charge is 2.77. The number of benzene rings is 2. The second-order valence-corrected chi connectivity index (χ2v) is 21.8. The van der Waals surface area contributed by atoms with Crippen LogP contribution in [0.3, 0.4) is 0 Å². The second kappa shape index (κ2) is 14.6. The molecule has 25 heteroatoms. The lowest BCUT2D eigenvalue weighted by atomic mass is 9.87. The second-order valence-electron chi connectivity index (χ2n) is 12.4. The molecule has 0 aliphatic carbocycles. The molecule has 0 saturated heterocycles. The van der Waals surface area contributed by atoms with E-state index in [9.17, 15) is 91.1 Å². The summed E-state index contributed by atoms with van der Waals surface area (Å²) in [4.78, 5) is 0. The summed E-state index contributed by atoms with van der Waals surface area (Å²) in [5.41, 5.74) is 3.43. The predicted octanol–water partition coefficient (Wildman–Crippen LogP) is 5.55. The first-order chi connectivity index (χ1) is 22.6. The Kier molecular flexibility index (Phi) is 13.4. The Labute approximate surface area is 298 Å². The highest BCUT2D eigenvalue weighted by Crippen LogP contribution is 2.56. The van der Waals surface area contributed by atoms with E-state index < -0.39 is 67.7 Å². The van der Waals surface area contributed by atoms with Crippen LogP contribution in [-0.4, -0.2) is 59.5 Å². The first-order valence-corrected chi connectivity index (χ1v) is 19.9. The topological polar surface area (TPSA) is 102 Å². The normalized spacial score (nSPS) is 15.0. The van der Waals surface area contributed by atoms with E-state index in [0.29, 0.717) is 0 Å². The molecule has 0 atom stereocenters. The third kappa shape index (κ3) is 9.08. The van der Waals surface area contributed by atoms with Crippen LogP contribution >= 0.6 is 0 Å². The number of alkyl halides is 15. The molecular formula is C27H26F15IO6S3. The standard InChI is InChI=1S/C20H26I.C7F15O6S3/c1-19(2,3)15-11-7-9-13-17(15)21-18-14-10-8-12-16(18)20(4,5)6;8-2(9,10)5(17,18)29(23,24)1(30(25,26)6(19,20)3(11,12)13)31(27,28)7(21,22)4(14,15)16/h7-14H,1-6H3;/q+1;-1. The van der Waals surface area contributed by atoms with Gasteiger partial charge in [0.05, 0.1) is 3.91 Å². The van der Waals surface area contributed by atoms with Crippen molar-refractivity contribution in [3.8, 4) is 0 Å². The van der Waals surface area contributed by atoms with E-state index in [0.717, 1.165) is 0 Å². The number of halogens is 16. The summed E-state index contributed by atoms with van der Waals surface area (Å²) in [6.45, 7) is 13.9. The molecule has 0 N–H and O–H groups in total. The lowest BCUT2D eigenvalue weighted by molar-refractivity contribution is -0.599. The number of rotatable bonds is 8. The van der Waals surface area contributed by atoms with Crippen LogP contribution in [0.1, 0.15) is 52.7 Å². The van der Waals surface area contributed by atoms with E-state index in [1.165, 1.54) is 11.1 Å². The average molecular weight is 955 g/mol. The lowest BCUT2D eigenvalue weighted by Gasteiger charge is -2.38. The van der Waals surface area contributed by atoms with E-state index >= 15 is 0 Å². The van der Waals surface area contributed by atoms with Crippen molar-refractivity contribution < 1.29 is 112 Å². The van der Waals surface area contributed by atoms with Gasteiger partial charge in [-0.1, -0.05) is 77.9 Å². The molecule has 0 unspecified atom stereocenters. The number of hydrogen-bond donors (Lipinski definition) is 0. The van der Waals surface area contributed by atoms with Crippen LogP contribution in [0.5, 0.6) is 0 Å². The highest BCUT2D eigenvalue weighted by molar-refractivity contribution is 8.29. The molecule has 0 aliphatic rings. The van der Waals surface area contributed by atoms with Gasteiger partial charge in [0.1, 0.15) is 29.5 Å². The Morgan fingerprint density at radius 3 is 0.827 bits per heavy atom. The minimum atomic E-state index is -9.24. The molecular weight excluding hydrogens is 928 g/mol. The Morgan fingerprint density at radius 1 is 0.423 bits per heavy atom. The van der Waals surface area contributed by atoms with Crippen LogP contribution < -0.4 is 21.2 Å². The fraction of sp³-hybridized carbons (Fsp3) is 0.519. The predicted molar refractivity (Wildman–Crippen MR) is 151 cm³/mol. The monoisotopic (exact) mass is 954 g/mol. The summed E-state index contributed by atoms with van der Waals surface area (Å²) >= 11 is -0.147. The molecule has 300 valence electrons. The van der Waals surface area contributed by atoms with Crippen LogP contribution in [0.25, 0.3) is 0 Å². The molecule has 0 spiro atoms. The van der Waals surface area contributed by atoms with E-state index in [1.807, 2.05) is 0 Å². The molecule has 0 amide bonds. The molecule has 0 aromatic heterocycles. The summed E-state index contributed by atoms with van der Waals surface area (Å²) in [5.74, 6) is 0. The van der Waals surface area contributed by atoms with Crippen molar-refractivity contribution >= 4 is 29.5 Å². The van der Waals surface area contributed by atoms with Crippen LogP contribution in [-0.2, 0) is 40.3 Å². The molecule has 2 aromatic rings. The minimum absolute atomic E-state index is 0.147. The zero-order valence-electron chi connectivity index (χ0n) is 26.8. The third-order valence-electron chi connectivity index (χ3n) is 6.23. The van der Waals surface area contributed by atoms with Crippen molar-refractivity contribution in [2.45, 2.75) is 86.7 Å². The van der Waals surface area contributed by atoms with Crippen molar-refractivity contribution in [2.24, 2.45) is 0 Å². The molecule has 52 heavy (non-hydrogen) atoms. The van der Waals surface area contributed by atoms with Crippen molar-refractivity contribution in [1.29, 1.82) is 0 Å². The summed E-state index contributed by atoms with van der Waals surface area (Å²) in [6, 6.07) is 18.0. The van der Waals surface area contributed by atoms with Gasteiger partial charge in [0.25, 0.3) is 0 Å². The van der Waals surface area contributed by atoms with Crippen LogP contribution in [0.4, 0.5) is 65.9 Å². The Hall–Kier alpha value is -2.03. The molecule has 0 heterocycles. The quantitative estimate of drug-likeness (QED) is 0.196. The maximum atomic E-state index is 13.1. The van der Waals surface area contributed by atoms with Gasteiger partial charge in [-0.25, -0.2) is 0 Å². The summed E-state index contributed by atoms with van der Waals surface area (Å²) in [7, 11) is -27.7. The van der Waals surface area contributed by atoms with E-state index in [4.69, 9.17) is 0 Å². The molecule has 6 nitrogen and oxygen atoms in total. The Balaban J connectivity index is 0.000000556. The maximum Gasteiger partial charge on any atom is 0.466 e. The number of hydrogen-bond acceptors (Lipinski definition) is 6. The molecule has 0 saturated carbocycles. The van der Waals surface area contributed by atoms with Crippen molar-refractivity contribution in [3.63, 3.8) is 0 Å². The van der Waals surface area contributed by atoms with Crippen molar-refractivity contribution in [2.75, 3.05) is 0 Å². The van der Waals surface area contributed by atoms with E-state index in [1.54, 1.807) is 7.14 Å². The van der Waals surface area contributed by atoms with Gasteiger partial charge in [0, 0.05) is 11.1 Å². The van der Waals surface area contributed by atoms with Gasteiger partial charge in [0.2, 0.25) is 0 Å². The van der Waals surface area contributed by atoms with Gasteiger partial charge in [-0.05, 0) is 23.0 Å². The first kappa shape index (κ1) is 48.0. The SMILES string of the molecule is CC(C)(C)c1ccccc1[I+]c1ccccc1C(C)(C)C.O=S(=O)([C-](S(=O)(=O)C(F)(F)C(F)(F)F)S(=O)(=O)C(F)(F)C(F)(F)F)C(F)(F)C(F)(F)F. The van der Waals surface area contributed by atoms with Gasteiger partial charge in [0.15, 0.2) is 7.14 Å². The smallest absolute Gasteiger partial charge is 0.254 e.